The lowest BCUT2D eigenvalue weighted by molar-refractivity contribution is -0.0155. The monoisotopic (exact) mass is 357 g/mol. The Bertz CT molecular complexity index is 836. The lowest BCUT2D eigenvalue weighted by Crippen LogP contribution is -2.45. The van der Waals surface area contributed by atoms with Crippen LogP contribution in [0.1, 0.15) is 41.1 Å². The van der Waals surface area contributed by atoms with Crippen LogP contribution >= 0.6 is 0 Å². The highest BCUT2D eigenvalue weighted by Gasteiger charge is 2.44. The zero-order chi connectivity index (χ0) is 18.7. The van der Waals surface area contributed by atoms with E-state index in [1.54, 1.807) is 0 Å². The van der Waals surface area contributed by atoms with Crippen molar-refractivity contribution < 1.29 is 5.11 Å². The Morgan fingerprint density at radius 1 is 0.778 bits per heavy atom. The van der Waals surface area contributed by atoms with Crippen molar-refractivity contribution in [1.29, 1.82) is 0 Å². The van der Waals surface area contributed by atoms with Gasteiger partial charge in [0.15, 0.2) is 0 Å². The molecule has 0 saturated carbocycles. The quantitative estimate of drug-likeness (QED) is 0.718. The molecule has 1 unspecified atom stereocenters. The molecular formula is C25H27NO. The molecule has 1 atom stereocenters. The number of aryl methyl sites for hydroxylation is 1. The average molecular weight is 357 g/mol. The fourth-order valence-corrected chi connectivity index (χ4v) is 4.48. The summed E-state index contributed by atoms with van der Waals surface area (Å²) in [6.07, 6.45) is 3.39. The largest absolute Gasteiger partial charge is 0.378 e. The molecule has 3 aromatic carbocycles. The van der Waals surface area contributed by atoms with Crippen molar-refractivity contribution in [2.45, 2.75) is 30.9 Å². The van der Waals surface area contributed by atoms with Crippen LogP contribution in [0.3, 0.4) is 0 Å². The third kappa shape index (κ3) is 3.31. The van der Waals surface area contributed by atoms with Gasteiger partial charge in [0.05, 0.1) is 6.04 Å². The molecule has 1 aliphatic rings. The molecule has 2 heteroatoms. The second-order valence-corrected chi connectivity index (χ2v) is 7.54. The Morgan fingerprint density at radius 3 is 1.96 bits per heavy atom. The van der Waals surface area contributed by atoms with Gasteiger partial charge < -0.3 is 5.11 Å². The van der Waals surface area contributed by atoms with E-state index in [9.17, 15) is 5.11 Å². The molecule has 1 N–H and O–H groups in total. The summed E-state index contributed by atoms with van der Waals surface area (Å²) in [5, 5.41) is 12.4. The first-order valence-electron chi connectivity index (χ1n) is 9.82. The molecule has 27 heavy (non-hydrogen) atoms. The number of hydrogen-bond acceptors (Lipinski definition) is 2. The molecule has 3 aromatic rings. The van der Waals surface area contributed by atoms with E-state index >= 15 is 0 Å². The predicted molar refractivity (Wildman–Crippen MR) is 111 cm³/mol. The van der Waals surface area contributed by atoms with Gasteiger partial charge in [-0.05, 0) is 55.1 Å². The van der Waals surface area contributed by atoms with E-state index in [4.69, 9.17) is 0 Å². The van der Waals surface area contributed by atoms with Crippen LogP contribution in [0, 0.1) is 0 Å². The van der Waals surface area contributed by atoms with Gasteiger partial charge in [-0.25, -0.2) is 0 Å². The van der Waals surface area contributed by atoms with Crippen molar-refractivity contribution in [3.63, 3.8) is 0 Å². The van der Waals surface area contributed by atoms with Gasteiger partial charge in [0.2, 0.25) is 0 Å². The van der Waals surface area contributed by atoms with Crippen molar-refractivity contribution in [2.24, 2.45) is 0 Å². The smallest absolute Gasteiger partial charge is 0.134 e. The van der Waals surface area contributed by atoms with Gasteiger partial charge in [-0.2, -0.15) is 0 Å². The third-order valence-corrected chi connectivity index (χ3v) is 5.82. The Hall–Kier alpha value is -2.42. The van der Waals surface area contributed by atoms with Crippen LogP contribution in [0.4, 0.5) is 0 Å². The third-order valence-electron chi connectivity index (χ3n) is 5.82. The summed E-state index contributed by atoms with van der Waals surface area (Å²) in [6.45, 7) is 0.973. The molecule has 0 aliphatic carbocycles. The first-order chi connectivity index (χ1) is 13.2. The zero-order valence-electron chi connectivity index (χ0n) is 15.9. The van der Waals surface area contributed by atoms with Crippen molar-refractivity contribution in [3.05, 3.63) is 107 Å². The maximum Gasteiger partial charge on any atom is 0.134 e. The maximum atomic E-state index is 12.4. The van der Waals surface area contributed by atoms with Gasteiger partial charge in [-0.15, -0.1) is 0 Å². The molecule has 0 fully saturated rings. The van der Waals surface area contributed by atoms with Crippen molar-refractivity contribution in [1.82, 2.24) is 4.90 Å². The summed E-state index contributed by atoms with van der Waals surface area (Å²) in [6, 6.07) is 28.7. The summed E-state index contributed by atoms with van der Waals surface area (Å²) < 4.78 is 0. The van der Waals surface area contributed by atoms with Gasteiger partial charge in [-0.1, -0.05) is 84.9 Å². The van der Waals surface area contributed by atoms with Crippen LogP contribution in [0.25, 0.3) is 0 Å². The molecule has 0 saturated heterocycles. The van der Waals surface area contributed by atoms with Crippen LogP contribution in [0.15, 0.2) is 84.9 Å². The summed E-state index contributed by atoms with van der Waals surface area (Å²) in [4.78, 5) is 2.33. The summed E-state index contributed by atoms with van der Waals surface area (Å²) >= 11 is 0. The Kier molecular flexibility index (Phi) is 5.11. The Balaban J connectivity index is 1.97. The average Bonchev–Trinajstić information content (AvgIpc) is 2.72. The number of rotatable bonds is 3. The van der Waals surface area contributed by atoms with E-state index in [2.05, 4.69) is 36.2 Å². The molecule has 0 aromatic heterocycles. The lowest BCUT2D eigenvalue weighted by Gasteiger charge is -2.44. The molecular weight excluding hydrogens is 330 g/mol. The summed E-state index contributed by atoms with van der Waals surface area (Å²) in [5.41, 5.74) is 3.33. The predicted octanol–water partition coefficient (Wildman–Crippen LogP) is 4.93. The highest BCUT2D eigenvalue weighted by atomic mass is 16.3. The first-order valence-corrected chi connectivity index (χ1v) is 9.82. The Morgan fingerprint density at radius 2 is 1.33 bits per heavy atom. The highest BCUT2D eigenvalue weighted by Crippen LogP contribution is 2.45. The molecule has 2 nitrogen and oxygen atoms in total. The van der Waals surface area contributed by atoms with Gasteiger partial charge >= 0.3 is 0 Å². The number of aliphatic hydroxyl groups is 1. The fraction of sp³-hybridized carbons (Fsp3) is 0.280. The molecule has 138 valence electrons. The normalized spacial score (nSPS) is 18.4. The second kappa shape index (κ2) is 7.67. The van der Waals surface area contributed by atoms with Crippen LogP contribution in [-0.4, -0.2) is 23.6 Å². The van der Waals surface area contributed by atoms with Crippen LogP contribution < -0.4 is 0 Å². The van der Waals surface area contributed by atoms with Crippen LogP contribution in [-0.2, 0) is 12.0 Å². The van der Waals surface area contributed by atoms with Gasteiger partial charge in [-0.3, -0.25) is 4.90 Å². The van der Waals surface area contributed by atoms with Gasteiger partial charge in [0, 0.05) is 0 Å². The summed E-state index contributed by atoms with van der Waals surface area (Å²) in [7, 11) is 2.14. The number of likely N-dealkylation sites (N-methyl/N-ethyl adjacent to an activating group) is 1. The molecule has 1 heterocycles. The Labute approximate surface area is 162 Å². The molecule has 0 spiro atoms. The molecule has 0 bridgehead atoms. The van der Waals surface area contributed by atoms with E-state index in [0.717, 1.165) is 30.5 Å². The number of nitrogens with zero attached hydrogens (tertiary/aromatic N) is 1. The number of benzene rings is 3. The lowest BCUT2D eigenvalue weighted by atomic mass is 9.74. The number of fused-ring (bicyclic) bond motifs is 1. The van der Waals surface area contributed by atoms with Crippen molar-refractivity contribution in [3.8, 4) is 0 Å². The summed E-state index contributed by atoms with van der Waals surface area (Å²) in [5.74, 6) is 0. The van der Waals surface area contributed by atoms with E-state index in [1.165, 1.54) is 17.5 Å². The standard InChI is InChI=1S/C25H27NO/c1-26-19-11-10-13-20-12-8-9-18-23(20)24(26)25(27,21-14-4-2-5-15-21)22-16-6-3-7-17-22/h2-9,12,14-18,24,27H,10-11,13,19H2,1H3. The second-order valence-electron chi connectivity index (χ2n) is 7.54. The highest BCUT2D eigenvalue weighted by molar-refractivity contribution is 5.43. The fourth-order valence-electron chi connectivity index (χ4n) is 4.48. The molecule has 4 rings (SSSR count). The van der Waals surface area contributed by atoms with Crippen molar-refractivity contribution >= 4 is 0 Å². The maximum absolute atomic E-state index is 12.4. The minimum Gasteiger partial charge on any atom is -0.378 e. The van der Waals surface area contributed by atoms with Crippen LogP contribution in [0.5, 0.6) is 0 Å². The van der Waals surface area contributed by atoms with E-state index < -0.39 is 5.60 Å². The van der Waals surface area contributed by atoms with E-state index in [-0.39, 0.29) is 6.04 Å². The van der Waals surface area contributed by atoms with Crippen molar-refractivity contribution in [2.75, 3.05) is 13.6 Å². The molecule has 0 radical (unpaired) electrons. The first kappa shape index (κ1) is 18.0. The molecule has 0 amide bonds. The molecule has 1 aliphatic heterocycles. The minimum atomic E-state index is -1.12. The SMILES string of the molecule is CN1CCCCc2ccccc2C1C(O)(c1ccccc1)c1ccccc1. The van der Waals surface area contributed by atoms with E-state index in [1.807, 2.05) is 60.7 Å². The van der Waals surface area contributed by atoms with E-state index in [0.29, 0.717) is 0 Å². The minimum absolute atomic E-state index is 0.140. The van der Waals surface area contributed by atoms with Gasteiger partial charge in [0.25, 0.3) is 0 Å². The topological polar surface area (TPSA) is 23.5 Å². The van der Waals surface area contributed by atoms with Crippen LogP contribution in [0.2, 0.25) is 0 Å². The zero-order valence-corrected chi connectivity index (χ0v) is 15.9. The number of hydrogen-bond donors (Lipinski definition) is 1. The van der Waals surface area contributed by atoms with Gasteiger partial charge in [0.1, 0.15) is 5.60 Å².